The molecule has 25 heavy (non-hydrogen) atoms. The molecule has 3 aromatic rings. The van der Waals surface area contributed by atoms with Crippen molar-refractivity contribution in [3.63, 3.8) is 0 Å². The predicted molar refractivity (Wildman–Crippen MR) is 101 cm³/mol. The third-order valence-corrected chi connectivity index (χ3v) is 5.56. The molecule has 5 nitrogen and oxygen atoms in total. The Morgan fingerprint density at radius 1 is 1.20 bits per heavy atom. The van der Waals surface area contributed by atoms with Gasteiger partial charge in [-0.1, -0.05) is 40.9 Å². The van der Waals surface area contributed by atoms with Crippen LogP contribution in [0.3, 0.4) is 0 Å². The molecule has 1 aromatic carbocycles. The summed E-state index contributed by atoms with van der Waals surface area (Å²) in [5.74, 6) is -1.23. The lowest BCUT2D eigenvalue weighted by Gasteiger charge is -2.06. The smallest absolute Gasteiger partial charge is 0.194 e. The van der Waals surface area contributed by atoms with Crippen LogP contribution in [0.1, 0.15) is 10.5 Å². The first-order chi connectivity index (χ1) is 11.7. The quantitative estimate of drug-likeness (QED) is 0.503. The zero-order valence-electron chi connectivity index (χ0n) is 12.8. The maximum Gasteiger partial charge on any atom is 0.194 e. The number of Topliss-reactive ketones (excluding diaryl/α,β-unsaturated/α-hetero) is 1. The molecule has 0 spiro atoms. The molecule has 2 aromatic heterocycles. The highest BCUT2D eigenvalue weighted by atomic mass is 35.5. The lowest BCUT2D eigenvalue weighted by Crippen LogP contribution is -2.15. The fraction of sp³-hybridized carbons (Fsp3) is 0.125. The first-order valence-corrected chi connectivity index (χ1v) is 10.2. The summed E-state index contributed by atoms with van der Waals surface area (Å²) in [6, 6.07) is 6.70. The van der Waals surface area contributed by atoms with Gasteiger partial charge >= 0.3 is 0 Å². The molecule has 0 radical (unpaired) electrons. The first kappa shape index (κ1) is 18.2. The molecular weight excluding hydrogens is 407 g/mol. The van der Waals surface area contributed by atoms with Crippen LogP contribution in [0.15, 0.2) is 30.5 Å². The molecule has 130 valence electrons. The number of fused-ring (bicyclic) bond motifs is 1. The Morgan fingerprint density at radius 2 is 1.92 bits per heavy atom. The topological polar surface area (TPSA) is 79.9 Å². The number of rotatable bonds is 4. The van der Waals surface area contributed by atoms with Crippen molar-refractivity contribution in [1.29, 1.82) is 0 Å². The second-order valence-electron chi connectivity index (χ2n) is 5.49. The SMILES string of the molecule is CS(=O)(=O)CC(=O)c1[nH]c2cc(Cl)c(Cl)c(Cl)c2c1-c1ccccn1. The number of H-pyrrole nitrogens is 1. The molecular formula is C16H11Cl3N2O3S. The van der Waals surface area contributed by atoms with Crippen molar-refractivity contribution >= 4 is 61.3 Å². The molecule has 9 heteroatoms. The van der Waals surface area contributed by atoms with E-state index in [1.165, 1.54) is 6.07 Å². The van der Waals surface area contributed by atoms with Crippen molar-refractivity contribution in [2.24, 2.45) is 0 Å². The van der Waals surface area contributed by atoms with Crippen LogP contribution in [0.2, 0.25) is 15.1 Å². The predicted octanol–water partition coefficient (Wildman–Crippen LogP) is 4.42. The van der Waals surface area contributed by atoms with Crippen LogP contribution in [-0.4, -0.2) is 36.2 Å². The number of halogens is 3. The number of sulfone groups is 1. The molecule has 0 amide bonds. The molecule has 0 fully saturated rings. The van der Waals surface area contributed by atoms with E-state index in [9.17, 15) is 13.2 Å². The zero-order chi connectivity index (χ0) is 18.4. The number of aromatic nitrogens is 2. The zero-order valence-corrected chi connectivity index (χ0v) is 15.9. The maximum absolute atomic E-state index is 12.6. The van der Waals surface area contributed by atoms with Crippen LogP contribution in [-0.2, 0) is 9.84 Å². The van der Waals surface area contributed by atoms with Gasteiger partial charge in [-0.3, -0.25) is 9.78 Å². The van der Waals surface area contributed by atoms with E-state index in [2.05, 4.69) is 9.97 Å². The average molecular weight is 418 g/mol. The van der Waals surface area contributed by atoms with Crippen molar-refractivity contribution in [2.45, 2.75) is 0 Å². The minimum Gasteiger partial charge on any atom is -0.351 e. The minimum atomic E-state index is -3.51. The summed E-state index contributed by atoms with van der Waals surface area (Å²) in [6.07, 6.45) is 2.55. The number of pyridine rings is 1. The monoisotopic (exact) mass is 416 g/mol. The number of ketones is 1. The van der Waals surface area contributed by atoms with Gasteiger partial charge in [-0.05, 0) is 18.2 Å². The maximum atomic E-state index is 12.6. The summed E-state index contributed by atoms with van der Waals surface area (Å²) < 4.78 is 23.1. The van der Waals surface area contributed by atoms with Crippen molar-refractivity contribution < 1.29 is 13.2 Å². The molecule has 0 aliphatic heterocycles. The molecule has 0 aliphatic carbocycles. The van der Waals surface area contributed by atoms with Crippen molar-refractivity contribution in [3.05, 3.63) is 51.2 Å². The van der Waals surface area contributed by atoms with Gasteiger partial charge in [0.2, 0.25) is 0 Å². The van der Waals surface area contributed by atoms with E-state index in [1.807, 2.05) is 0 Å². The number of nitrogens with zero attached hydrogens (tertiary/aromatic N) is 1. The fourth-order valence-electron chi connectivity index (χ4n) is 2.55. The van der Waals surface area contributed by atoms with Crippen molar-refractivity contribution in [2.75, 3.05) is 12.0 Å². The molecule has 2 heterocycles. The Labute approximate surface area is 158 Å². The standard InChI is InChI=1S/C16H11Cl3N2O3S/c1-25(23,24)7-11(22)16-13(9-4-2-3-5-20-9)12-10(21-16)6-8(17)14(18)15(12)19/h2-6,21H,7H2,1H3. The van der Waals surface area contributed by atoms with Gasteiger partial charge < -0.3 is 4.98 Å². The Morgan fingerprint density at radius 3 is 2.52 bits per heavy atom. The largest absolute Gasteiger partial charge is 0.351 e. The number of nitrogens with one attached hydrogen (secondary N) is 1. The van der Waals surface area contributed by atoms with E-state index >= 15 is 0 Å². The summed E-state index contributed by atoms with van der Waals surface area (Å²) in [5, 5.41) is 0.996. The number of benzene rings is 1. The van der Waals surface area contributed by atoms with Crippen LogP contribution < -0.4 is 0 Å². The van der Waals surface area contributed by atoms with E-state index in [-0.39, 0.29) is 20.8 Å². The third-order valence-electron chi connectivity index (χ3n) is 3.52. The number of hydrogen-bond donors (Lipinski definition) is 1. The van der Waals surface area contributed by atoms with Crippen molar-refractivity contribution in [1.82, 2.24) is 9.97 Å². The molecule has 0 unspecified atom stereocenters. The van der Waals surface area contributed by atoms with Crippen LogP contribution >= 0.6 is 34.8 Å². The summed E-state index contributed by atoms with van der Waals surface area (Å²) in [4.78, 5) is 19.7. The molecule has 1 N–H and O–H groups in total. The van der Waals surface area contributed by atoms with Gasteiger partial charge in [0.15, 0.2) is 15.6 Å². The molecule has 0 saturated carbocycles. The Bertz CT molecular complexity index is 1090. The molecule has 0 bridgehead atoms. The van der Waals surface area contributed by atoms with Gasteiger partial charge in [0.05, 0.1) is 26.5 Å². The Hall–Kier alpha value is -1.60. The number of carbonyl (C=O) groups is 1. The van der Waals surface area contributed by atoms with Gasteiger partial charge in [0.25, 0.3) is 0 Å². The average Bonchev–Trinajstić information content (AvgIpc) is 2.91. The van der Waals surface area contributed by atoms with Crippen LogP contribution in [0.25, 0.3) is 22.2 Å². The highest BCUT2D eigenvalue weighted by molar-refractivity contribution is 7.91. The van der Waals surface area contributed by atoms with Gasteiger partial charge in [0, 0.05) is 28.9 Å². The number of aromatic amines is 1. The van der Waals surface area contributed by atoms with Gasteiger partial charge in [-0.15, -0.1) is 0 Å². The fourth-order valence-corrected chi connectivity index (χ4v) is 3.87. The lowest BCUT2D eigenvalue weighted by atomic mass is 10.0. The van der Waals surface area contributed by atoms with Crippen molar-refractivity contribution in [3.8, 4) is 11.3 Å². The van der Waals surface area contributed by atoms with E-state index in [4.69, 9.17) is 34.8 Å². The summed E-state index contributed by atoms with van der Waals surface area (Å²) >= 11 is 18.5. The van der Waals surface area contributed by atoms with Gasteiger partial charge in [-0.25, -0.2) is 8.42 Å². The second kappa shape index (κ2) is 6.61. The van der Waals surface area contributed by atoms with Gasteiger partial charge in [-0.2, -0.15) is 0 Å². The van der Waals surface area contributed by atoms with E-state index in [0.717, 1.165) is 6.26 Å². The Balaban J connectivity index is 2.37. The third kappa shape index (κ3) is 3.53. The highest BCUT2D eigenvalue weighted by Crippen LogP contribution is 2.42. The molecule has 3 rings (SSSR count). The summed E-state index contributed by atoms with van der Waals surface area (Å²) in [6.45, 7) is 0. The molecule has 0 atom stereocenters. The minimum absolute atomic E-state index is 0.0966. The molecule has 0 saturated heterocycles. The lowest BCUT2D eigenvalue weighted by molar-refractivity contribution is 0.101. The molecule has 0 aliphatic rings. The normalized spacial score (nSPS) is 11.8. The van der Waals surface area contributed by atoms with Gasteiger partial charge in [0.1, 0.15) is 5.75 Å². The van der Waals surface area contributed by atoms with Crippen LogP contribution in [0, 0.1) is 0 Å². The van der Waals surface area contributed by atoms with E-state index in [0.29, 0.717) is 22.2 Å². The highest BCUT2D eigenvalue weighted by Gasteiger charge is 2.25. The first-order valence-electron chi connectivity index (χ1n) is 7.00. The van der Waals surface area contributed by atoms with E-state index in [1.54, 1.807) is 24.4 Å². The number of hydrogen-bond acceptors (Lipinski definition) is 4. The second-order valence-corrected chi connectivity index (χ2v) is 8.80. The van der Waals surface area contributed by atoms with Crippen LogP contribution in [0.4, 0.5) is 0 Å². The van der Waals surface area contributed by atoms with Crippen LogP contribution in [0.5, 0.6) is 0 Å². The number of carbonyl (C=O) groups excluding carboxylic acids is 1. The van der Waals surface area contributed by atoms with E-state index < -0.39 is 21.4 Å². The Kier molecular flexibility index (Phi) is 4.81. The summed E-state index contributed by atoms with van der Waals surface area (Å²) in [5.41, 5.74) is 1.43. The summed E-state index contributed by atoms with van der Waals surface area (Å²) in [7, 11) is -3.51.